The van der Waals surface area contributed by atoms with Crippen LogP contribution in [0.25, 0.3) is 0 Å². The Kier molecular flexibility index (Phi) is 0.958. The first-order chi connectivity index (χ1) is 5.59. The zero-order valence-corrected chi connectivity index (χ0v) is 7.59. The Labute approximate surface area is 72.3 Å². The van der Waals surface area contributed by atoms with Gasteiger partial charge in [-0.3, -0.25) is 4.79 Å². The number of carbonyl (C=O) groups is 1. The summed E-state index contributed by atoms with van der Waals surface area (Å²) in [5.41, 5.74) is 0.0480. The van der Waals surface area contributed by atoms with Crippen molar-refractivity contribution in [2.24, 2.45) is 16.7 Å². The molecule has 1 heterocycles. The molecule has 0 spiro atoms. The summed E-state index contributed by atoms with van der Waals surface area (Å²) in [6, 6.07) is 0. The highest BCUT2D eigenvalue weighted by atomic mass is 16.5. The summed E-state index contributed by atoms with van der Waals surface area (Å²) in [7, 11) is 0. The van der Waals surface area contributed by atoms with E-state index in [1.807, 2.05) is 0 Å². The van der Waals surface area contributed by atoms with E-state index in [1.54, 1.807) is 0 Å². The van der Waals surface area contributed by atoms with Gasteiger partial charge in [-0.15, -0.1) is 0 Å². The lowest BCUT2D eigenvalue weighted by atomic mass is 9.70. The highest BCUT2D eigenvalue weighted by Crippen LogP contribution is 2.68. The van der Waals surface area contributed by atoms with Crippen LogP contribution in [0, 0.1) is 16.7 Å². The lowest BCUT2D eigenvalue weighted by Gasteiger charge is -2.29. The maximum atomic E-state index is 11.7. The molecule has 4 atom stereocenters. The first-order valence-corrected chi connectivity index (χ1v) is 4.74. The molecule has 12 heavy (non-hydrogen) atoms. The van der Waals surface area contributed by atoms with Gasteiger partial charge in [0, 0.05) is 11.8 Å². The van der Waals surface area contributed by atoms with Crippen LogP contribution in [0.2, 0.25) is 0 Å². The van der Waals surface area contributed by atoms with E-state index < -0.39 is 0 Å². The number of hydrogen-bond donors (Lipinski definition) is 0. The van der Waals surface area contributed by atoms with Crippen molar-refractivity contribution >= 4 is 5.78 Å². The van der Waals surface area contributed by atoms with Crippen LogP contribution in [-0.2, 0) is 9.53 Å². The van der Waals surface area contributed by atoms with Gasteiger partial charge >= 0.3 is 0 Å². The number of carbonyl (C=O) groups excluding carboxylic acids is 1. The molecule has 0 amide bonds. The number of ketones is 1. The molecule has 0 aromatic carbocycles. The number of rotatable bonds is 0. The van der Waals surface area contributed by atoms with E-state index in [0.717, 1.165) is 19.4 Å². The molecule has 0 aromatic rings. The van der Waals surface area contributed by atoms with Crippen molar-refractivity contribution in [1.82, 2.24) is 0 Å². The van der Waals surface area contributed by atoms with Crippen LogP contribution < -0.4 is 0 Å². The molecule has 0 aromatic heterocycles. The minimum atomic E-state index is -0.127. The lowest BCUT2D eigenvalue weighted by Crippen LogP contribution is -2.37. The molecule has 1 aliphatic heterocycles. The molecule has 2 nitrogen and oxygen atoms in total. The highest BCUT2D eigenvalue weighted by Gasteiger charge is 2.72. The van der Waals surface area contributed by atoms with Gasteiger partial charge in [0.15, 0.2) is 0 Å². The van der Waals surface area contributed by atoms with E-state index in [2.05, 4.69) is 13.8 Å². The van der Waals surface area contributed by atoms with Crippen LogP contribution in [0.4, 0.5) is 0 Å². The average molecular weight is 166 g/mol. The van der Waals surface area contributed by atoms with Gasteiger partial charge in [0.1, 0.15) is 5.78 Å². The third kappa shape index (κ3) is 0.434. The summed E-state index contributed by atoms with van der Waals surface area (Å²) in [4.78, 5) is 11.7. The van der Waals surface area contributed by atoms with Crippen molar-refractivity contribution in [2.75, 3.05) is 6.61 Å². The largest absolute Gasteiger partial charge is 0.377 e. The molecule has 66 valence electrons. The van der Waals surface area contributed by atoms with Crippen molar-refractivity contribution in [3.8, 4) is 0 Å². The Bertz CT molecular complexity index is 273. The smallest absolute Gasteiger partial charge is 0.142 e. The molecule has 4 unspecified atom stereocenters. The third-order valence-electron chi connectivity index (χ3n) is 4.83. The summed E-state index contributed by atoms with van der Waals surface area (Å²) < 4.78 is 5.64. The Morgan fingerprint density at radius 3 is 2.75 bits per heavy atom. The molecule has 0 radical (unpaired) electrons. The molecule has 3 aliphatic rings. The van der Waals surface area contributed by atoms with Crippen LogP contribution in [0.1, 0.15) is 26.7 Å². The zero-order valence-electron chi connectivity index (χ0n) is 7.59. The van der Waals surface area contributed by atoms with E-state index in [9.17, 15) is 4.79 Å². The summed E-state index contributed by atoms with van der Waals surface area (Å²) in [6.07, 6.45) is 2.18. The number of hydrogen-bond acceptors (Lipinski definition) is 2. The molecule has 1 saturated heterocycles. The Morgan fingerprint density at radius 2 is 2.25 bits per heavy atom. The quantitative estimate of drug-likeness (QED) is 0.543. The minimum Gasteiger partial charge on any atom is -0.377 e. The predicted octanol–water partition coefficient (Wildman–Crippen LogP) is 1.39. The molecular weight excluding hydrogens is 152 g/mol. The first kappa shape index (κ1) is 7.07. The Morgan fingerprint density at radius 1 is 1.50 bits per heavy atom. The van der Waals surface area contributed by atoms with Crippen molar-refractivity contribution in [3.63, 3.8) is 0 Å². The standard InChI is InChI=1S/C10H14O2/c1-9-5-12-8-4-6(9)3-7(11)10(8,9)2/h6,8H,3-5H2,1-2H3. The SMILES string of the molecule is CC12COC3CC1CC(=O)C32C. The zero-order chi connectivity index (χ0) is 8.56. The maximum Gasteiger partial charge on any atom is 0.142 e. The number of Topliss-reactive ketones (excluding diaryl/α,β-unsaturated/α-hetero) is 1. The van der Waals surface area contributed by atoms with Gasteiger partial charge in [0.2, 0.25) is 0 Å². The third-order valence-corrected chi connectivity index (χ3v) is 4.83. The van der Waals surface area contributed by atoms with E-state index in [4.69, 9.17) is 4.74 Å². The molecule has 0 N–H and O–H groups in total. The van der Waals surface area contributed by atoms with E-state index in [1.165, 1.54) is 0 Å². The van der Waals surface area contributed by atoms with Crippen LogP contribution in [0.3, 0.4) is 0 Å². The van der Waals surface area contributed by atoms with Crippen LogP contribution in [0.15, 0.2) is 0 Å². The van der Waals surface area contributed by atoms with Crippen molar-refractivity contribution in [1.29, 1.82) is 0 Å². The maximum absolute atomic E-state index is 11.7. The second kappa shape index (κ2) is 1.63. The summed E-state index contributed by atoms with van der Waals surface area (Å²) in [6.45, 7) is 5.15. The second-order valence-corrected chi connectivity index (χ2v) is 4.98. The van der Waals surface area contributed by atoms with Gasteiger partial charge < -0.3 is 4.74 Å². The molecular formula is C10H14O2. The fourth-order valence-corrected chi connectivity index (χ4v) is 3.56. The summed E-state index contributed by atoms with van der Waals surface area (Å²) in [5, 5.41) is 0. The fourth-order valence-electron chi connectivity index (χ4n) is 3.56. The van der Waals surface area contributed by atoms with Crippen LogP contribution in [-0.4, -0.2) is 18.5 Å². The number of ether oxygens (including phenoxy) is 1. The normalized spacial score (nSPS) is 61.7. The lowest BCUT2D eigenvalue weighted by molar-refractivity contribution is -0.130. The summed E-state index contributed by atoms with van der Waals surface area (Å²) >= 11 is 0. The Balaban J connectivity index is 2.21. The van der Waals surface area contributed by atoms with E-state index in [-0.39, 0.29) is 16.9 Å². The predicted molar refractivity (Wildman–Crippen MR) is 43.7 cm³/mol. The van der Waals surface area contributed by atoms with Gasteiger partial charge in [-0.05, 0) is 19.3 Å². The van der Waals surface area contributed by atoms with Gasteiger partial charge in [0.25, 0.3) is 0 Å². The topological polar surface area (TPSA) is 26.3 Å². The molecule has 3 rings (SSSR count). The van der Waals surface area contributed by atoms with Gasteiger partial charge in [0.05, 0.1) is 18.1 Å². The van der Waals surface area contributed by atoms with Gasteiger partial charge in [-0.2, -0.15) is 0 Å². The fraction of sp³-hybridized carbons (Fsp3) is 0.900. The van der Waals surface area contributed by atoms with Crippen LogP contribution in [0.5, 0.6) is 0 Å². The Hall–Kier alpha value is -0.370. The molecule has 3 fully saturated rings. The summed E-state index contributed by atoms with van der Waals surface area (Å²) in [5.74, 6) is 1.07. The van der Waals surface area contributed by atoms with Gasteiger partial charge in [-0.1, -0.05) is 6.92 Å². The molecule has 2 heteroatoms. The molecule has 2 aliphatic carbocycles. The highest BCUT2D eigenvalue weighted by molar-refractivity contribution is 5.90. The van der Waals surface area contributed by atoms with E-state index >= 15 is 0 Å². The van der Waals surface area contributed by atoms with Crippen molar-refractivity contribution in [3.05, 3.63) is 0 Å². The molecule has 4 bridgehead atoms. The van der Waals surface area contributed by atoms with Crippen LogP contribution >= 0.6 is 0 Å². The van der Waals surface area contributed by atoms with Crippen molar-refractivity contribution in [2.45, 2.75) is 32.8 Å². The van der Waals surface area contributed by atoms with E-state index in [0.29, 0.717) is 11.7 Å². The first-order valence-electron chi connectivity index (χ1n) is 4.74. The molecule has 2 saturated carbocycles. The van der Waals surface area contributed by atoms with Crippen molar-refractivity contribution < 1.29 is 9.53 Å². The minimum absolute atomic E-state index is 0.127. The monoisotopic (exact) mass is 166 g/mol. The average Bonchev–Trinajstić information content (AvgIpc) is 2.46. The van der Waals surface area contributed by atoms with Gasteiger partial charge in [-0.25, -0.2) is 0 Å². The second-order valence-electron chi connectivity index (χ2n) is 4.98.